The Morgan fingerprint density at radius 1 is 1.16 bits per heavy atom. The molecule has 7 rings (SSSR count). The number of nitrogen functional groups attached to an aromatic ring is 1. The van der Waals surface area contributed by atoms with E-state index in [4.69, 9.17) is 24.9 Å². The first-order valence-corrected chi connectivity index (χ1v) is 17.1. The third-order valence-corrected chi connectivity index (χ3v) is 10.5. The van der Waals surface area contributed by atoms with Gasteiger partial charge in [-0.2, -0.15) is 0 Å². The van der Waals surface area contributed by atoms with Crippen molar-refractivity contribution in [3.05, 3.63) is 46.6 Å². The standard InChI is InChI=1S/C34H46BrN7O3/c1-18(2)41(21-12-19(13-21)8-11-26-39-23-10-9-20(33(3,4)5)14-24(23)40-26)16-25-28-29(45-34(6,7)44-28)32(43-25)42-15-22(35)27-30(36)37-17-38-31(27)42/h9-10,14-15,17-19,21,25,28-29,32H,8,11-13,16H2,1-7H3,(H,39,40)(H2,36,37,38)/t19?,21?,25?,28-,29-,32-/m1/s1. The van der Waals surface area contributed by atoms with E-state index in [0.29, 0.717) is 29.5 Å². The molecule has 1 unspecified atom stereocenters. The lowest BCUT2D eigenvalue weighted by molar-refractivity contribution is -0.199. The van der Waals surface area contributed by atoms with Crippen molar-refractivity contribution in [2.45, 2.75) is 122 Å². The lowest BCUT2D eigenvalue weighted by Crippen LogP contribution is -2.52. The fourth-order valence-electron chi connectivity index (χ4n) is 7.47. The van der Waals surface area contributed by atoms with Crippen molar-refractivity contribution in [2.75, 3.05) is 12.3 Å². The maximum atomic E-state index is 6.80. The van der Waals surface area contributed by atoms with Gasteiger partial charge in [-0.15, -0.1) is 0 Å². The number of aromatic nitrogens is 5. The van der Waals surface area contributed by atoms with Crippen molar-refractivity contribution in [2.24, 2.45) is 5.92 Å². The van der Waals surface area contributed by atoms with Gasteiger partial charge in [0.2, 0.25) is 0 Å². The topological polar surface area (TPSA) is 116 Å². The molecule has 3 aromatic heterocycles. The van der Waals surface area contributed by atoms with E-state index in [1.807, 2.05) is 24.6 Å². The molecule has 5 heterocycles. The van der Waals surface area contributed by atoms with Crippen LogP contribution >= 0.6 is 15.9 Å². The van der Waals surface area contributed by atoms with Crippen molar-refractivity contribution >= 4 is 43.8 Å². The zero-order valence-corrected chi connectivity index (χ0v) is 29.0. The Labute approximate surface area is 273 Å². The molecule has 1 saturated carbocycles. The Morgan fingerprint density at radius 3 is 2.64 bits per heavy atom. The van der Waals surface area contributed by atoms with E-state index in [0.717, 1.165) is 46.1 Å². The van der Waals surface area contributed by atoms with Gasteiger partial charge in [0.15, 0.2) is 12.0 Å². The monoisotopic (exact) mass is 679 g/mol. The molecular weight excluding hydrogens is 634 g/mol. The predicted octanol–water partition coefficient (Wildman–Crippen LogP) is 6.49. The number of aryl methyl sites for hydroxylation is 1. The second kappa shape index (κ2) is 11.3. The number of nitrogens with zero attached hydrogens (tertiary/aromatic N) is 5. The second-order valence-corrected chi connectivity index (χ2v) is 15.8. The highest BCUT2D eigenvalue weighted by Gasteiger charge is 2.57. The quantitative estimate of drug-likeness (QED) is 0.217. The van der Waals surface area contributed by atoms with Crippen molar-refractivity contribution in [3.63, 3.8) is 0 Å². The van der Waals surface area contributed by atoms with Gasteiger partial charge in [0.25, 0.3) is 0 Å². The number of hydrogen-bond donors (Lipinski definition) is 2. The van der Waals surface area contributed by atoms with Gasteiger partial charge in [-0.1, -0.05) is 26.8 Å². The number of nitrogens with two attached hydrogens (primary N) is 1. The number of nitrogens with one attached hydrogen (secondary N) is 1. The lowest BCUT2D eigenvalue weighted by Gasteiger charge is -2.46. The first-order chi connectivity index (χ1) is 21.3. The van der Waals surface area contributed by atoms with Crippen LogP contribution in [-0.4, -0.2) is 72.1 Å². The van der Waals surface area contributed by atoms with Crippen molar-refractivity contribution in [1.82, 2.24) is 29.4 Å². The SMILES string of the molecule is CC(C)N(CC1O[C@@H](n2cc(Br)c3c(N)ncnc32)[C@@H]2OC(C)(C)O[C@H]12)C1CC(CCc2nc3ccc(C(C)(C)C)cc3[nH]2)C1. The Kier molecular flexibility index (Phi) is 7.79. The van der Waals surface area contributed by atoms with E-state index in [9.17, 15) is 0 Å². The molecule has 3 N–H and O–H groups in total. The average Bonchev–Trinajstić information content (AvgIpc) is 3.66. The van der Waals surface area contributed by atoms with E-state index >= 15 is 0 Å². The molecule has 0 spiro atoms. The van der Waals surface area contributed by atoms with Crippen LogP contribution < -0.4 is 5.73 Å². The molecular formula is C34H46BrN7O3. The molecule has 3 fully saturated rings. The summed E-state index contributed by atoms with van der Waals surface area (Å²) < 4.78 is 22.6. The summed E-state index contributed by atoms with van der Waals surface area (Å²) in [5, 5.41) is 0.779. The molecule has 3 aliphatic rings. The highest BCUT2D eigenvalue weighted by atomic mass is 79.9. The number of anilines is 1. The first kappa shape index (κ1) is 31.1. The van der Waals surface area contributed by atoms with Gasteiger partial charge in [-0.3, -0.25) is 4.90 Å². The van der Waals surface area contributed by atoms with Gasteiger partial charge in [0, 0.05) is 35.7 Å². The minimum atomic E-state index is -0.695. The number of imidazole rings is 1. The summed E-state index contributed by atoms with van der Waals surface area (Å²) in [7, 11) is 0. The van der Waals surface area contributed by atoms with Crippen LogP contribution in [0.15, 0.2) is 35.2 Å². The van der Waals surface area contributed by atoms with E-state index < -0.39 is 12.0 Å². The van der Waals surface area contributed by atoms with E-state index in [-0.39, 0.29) is 23.7 Å². The number of halogens is 1. The largest absolute Gasteiger partial charge is 0.383 e. The van der Waals surface area contributed by atoms with Gasteiger partial charge in [-0.25, -0.2) is 15.0 Å². The normalized spacial score (nSPS) is 28.0. The third kappa shape index (κ3) is 5.79. The Morgan fingerprint density at radius 2 is 1.91 bits per heavy atom. The van der Waals surface area contributed by atoms with Crippen molar-refractivity contribution < 1.29 is 14.2 Å². The van der Waals surface area contributed by atoms with Gasteiger partial charge >= 0.3 is 0 Å². The molecule has 4 atom stereocenters. The summed E-state index contributed by atoms with van der Waals surface area (Å²) >= 11 is 3.65. The van der Waals surface area contributed by atoms with Gasteiger partial charge in [-0.05, 0) is 91.9 Å². The fraction of sp³-hybridized carbons (Fsp3) is 0.618. The Bertz CT molecular complexity index is 1700. The minimum absolute atomic E-state index is 0.123. The zero-order valence-electron chi connectivity index (χ0n) is 27.4. The molecule has 4 aromatic rings. The molecule has 45 heavy (non-hydrogen) atoms. The van der Waals surface area contributed by atoms with E-state index in [1.54, 1.807) is 0 Å². The number of rotatable bonds is 8. The predicted molar refractivity (Wildman–Crippen MR) is 179 cm³/mol. The first-order valence-electron chi connectivity index (χ1n) is 16.3. The molecule has 0 radical (unpaired) electrons. The molecule has 1 aromatic carbocycles. The highest BCUT2D eigenvalue weighted by Crippen LogP contribution is 2.46. The summed E-state index contributed by atoms with van der Waals surface area (Å²) in [6.07, 6.45) is 6.96. The maximum absolute atomic E-state index is 6.80. The molecule has 1 aliphatic carbocycles. The van der Waals surface area contributed by atoms with Gasteiger partial charge in [0.05, 0.1) is 16.4 Å². The fourth-order valence-corrected chi connectivity index (χ4v) is 8.07. The minimum Gasteiger partial charge on any atom is -0.383 e. The molecule has 0 bridgehead atoms. The summed E-state index contributed by atoms with van der Waals surface area (Å²) in [4.78, 5) is 19.8. The Balaban J connectivity index is 1.02. The summed E-state index contributed by atoms with van der Waals surface area (Å²) in [6.45, 7) is 16.0. The smallest absolute Gasteiger partial charge is 0.164 e. The van der Waals surface area contributed by atoms with Gasteiger partial charge in [0.1, 0.15) is 41.9 Å². The van der Waals surface area contributed by atoms with Crippen molar-refractivity contribution in [1.29, 1.82) is 0 Å². The van der Waals surface area contributed by atoms with Crippen LogP contribution in [0.4, 0.5) is 5.82 Å². The number of hydrogen-bond acceptors (Lipinski definition) is 8. The number of ether oxygens (including phenoxy) is 3. The number of aromatic amines is 1. The number of benzene rings is 1. The third-order valence-electron chi connectivity index (χ3n) is 9.91. The van der Waals surface area contributed by atoms with Gasteiger partial charge < -0.3 is 29.5 Å². The molecule has 2 saturated heterocycles. The van der Waals surface area contributed by atoms with Crippen LogP contribution in [0.1, 0.15) is 85.3 Å². The lowest BCUT2D eigenvalue weighted by atomic mass is 9.76. The molecule has 11 heteroatoms. The maximum Gasteiger partial charge on any atom is 0.164 e. The number of fused-ring (bicyclic) bond motifs is 3. The van der Waals surface area contributed by atoms with Crippen LogP contribution in [0.5, 0.6) is 0 Å². The van der Waals surface area contributed by atoms with Crippen LogP contribution in [-0.2, 0) is 26.0 Å². The second-order valence-electron chi connectivity index (χ2n) is 15.0. The van der Waals surface area contributed by atoms with Crippen molar-refractivity contribution in [3.8, 4) is 0 Å². The van der Waals surface area contributed by atoms with Crippen LogP contribution in [0.2, 0.25) is 0 Å². The van der Waals surface area contributed by atoms with E-state index in [2.05, 4.69) is 88.6 Å². The highest BCUT2D eigenvalue weighted by molar-refractivity contribution is 9.10. The summed E-state index contributed by atoms with van der Waals surface area (Å²) in [5.74, 6) is 1.52. The zero-order chi connectivity index (χ0) is 31.8. The summed E-state index contributed by atoms with van der Waals surface area (Å²) in [5.41, 5.74) is 10.6. The molecule has 0 amide bonds. The number of H-pyrrole nitrogens is 1. The Hall–Kier alpha value is -2.57. The van der Waals surface area contributed by atoms with Crippen LogP contribution in [0.25, 0.3) is 22.1 Å². The summed E-state index contributed by atoms with van der Waals surface area (Å²) in [6, 6.07) is 7.51. The molecule has 10 nitrogen and oxygen atoms in total. The molecule has 242 valence electrons. The van der Waals surface area contributed by atoms with Crippen LogP contribution in [0.3, 0.4) is 0 Å². The van der Waals surface area contributed by atoms with Crippen LogP contribution in [0, 0.1) is 5.92 Å². The molecule has 2 aliphatic heterocycles. The average molecular weight is 681 g/mol. The van der Waals surface area contributed by atoms with E-state index in [1.165, 1.54) is 24.7 Å².